The molecule has 3 rings (SSSR count). The van der Waals surface area contributed by atoms with Gasteiger partial charge in [-0.15, -0.1) is 0 Å². The summed E-state index contributed by atoms with van der Waals surface area (Å²) in [4.78, 5) is 14.8. The summed E-state index contributed by atoms with van der Waals surface area (Å²) < 4.78 is 10.4. The first-order chi connectivity index (χ1) is 7.74. The maximum atomic E-state index is 10.8. The molecule has 0 unspecified atom stereocenters. The molecule has 0 radical (unpaired) electrons. The average molecular weight is 251 g/mol. The fourth-order valence-electron chi connectivity index (χ4n) is 1.64. The fraction of sp³-hybridized carbons (Fsp3) is 0.0909. The van der Waals surface area contributed by atoms with Crippen LogP contribution in [0.5, 0.6) is 11.5 Å². The second-order valence-corrected chi connectivity index (χ2v) is 3.43. The number of ether oxygens (including phenoxy) is 2. The highest BCUT2D eigenvalue weighted by Gasteiger charge is 2.15. The lowest BCUT2D eigenvalue weighted by molar-refractivity contribution is 0.0696. The Labute approximate surface area is 103 Å². The monoisotopic (exact) mass is 251 g/mol. The van der Waals surface area contributed by atoms with Gasteiger partial charge in [-0.3, -0.25) is 4.98 Å². The third-order valence-electron chi connectivity index (χ3n) is 2.42. The Morgan fingerprint density at radius 2 is 1.94 bits per heavy atom. The van der Waals surface area contributed by atoms with E-state index in [2.05, 4.69) is 4.98 Å². The van der Waals surface area contributed by atoms with Gasteiger partial charge in [0.25, 0.3) is 0 Å². The standard InChI is InChI=1S/C11H7NO4.H2S/c13-11(14)7-1-6-2-9-10(16-5-15-9)3-8(6)12-4-7;/h1-4H,5H2,(H,13,14);1H2. The molecule has 88 valence electrons. The molecule has 1 aliphatic heterocycles. The third-order valence-corrected chi connectivity index (χ3v) is 2.42. The van der Waals surface area contributed by atoms with Crippen LogP contribution in [0.1, 0.15) is 10.4 Å². The predicted molar refractivity (Wildman–Crippen MR) is 65.2 cm³/mol. The van der Waals surface area contributed by atoms with E-state index in [1.807, 2.05) is 0 Å². The molecule has 2 heterocycles. The third kappa shape index (κ3) is 1.87. The number of carboxylic acids is 1. The first-order valence-electron chi connectivity index (χ1n) is 4.67. The van der Waals surface area contributed by atoms with Crippen LogP contribution in [-0.4, -0.2) is 22.9 Å². The lowest BCUT2D eigenvalue weighted by Crippen LogP contribution is -1.96. The number of fused-ring (bicyclic) bond motifs is 2. The van der Waals surface area contributed by atoms with E-state index < -0.39 is 5.97 Å². The highest BCUT2D eigenvalue weighted by molar-refractivity contribution is 7.59. The van der Waals surface area contributed by atoms with Crippen LogP contribution in [0.25, 0.3) is 10.9 Å². The van der Waals surface area contributed by atoms with Crippen molar-refractivity contribution in [2.24, 2.45) is 0 Å². The van der Waals surface area contributed by atoms with Gasteiger partial charge in [-0.1, -0.05) is 0 Å². The summed E-state index contributed by atoms with van der Waals surface area (Å²) in [7, 11) is 0. The number of rotatable bonds is 1. The number of aromatic nitrogens is 1. The summed E-state index contributed by atoms with van der Waals surface area (Å²) in [6.45, 7) is 0.192. The molecule has 1 N–H and O–H groups in total. The zero-order valence-electron chi connectivity index (χ0n) is 8.64. The van der Waals surface area contributed by atoms with Crippen LogP contribution in [0.2, 0.25) is 0 Å². The van der Waals surface area contributed by atoms with E-state index in [4.69, 9.17) is 14.6 Å². The van der Waals surface area contributed by atoms with Crippen molar-refractivity contribution in [3.05, 3.63) is 30.0 Å². The van der Waals surface area contributed by atoms with Crippen molar-refractivity contribution >= 4 is 30.4 Å². The van der Waals surface area contributed by atoms with Gasteiger partial charge in [0.1, 0.15) is 0 Å². The predicted octanol–water partition coefficient (Wildman–Crippen LogP) is 1.77. The number of carbonyl (C=O) groups is 1. The van der Waals surface area contributed by atoms with Gasteiger partial charge in [-0.25, -0.2) is 4.79 Å². The molecule has 1 aliphatic rings. The van der Waals surface area contributed by atoms with E-state index in [9.17, 15) is 4.79 Å². The molecule has 2 aromatic rings. The second-order valence-electron chi connectivity index (χ2n) is 3.43. The van der Waals surface area contributed by atoms with Crippen molar-refractivity contribution < 1.29 is 19.4 Å². The van der Waals surface area contributed by atoms with Gasteiger partial charge in [0, 0.05) is 17.6 Å². The van der Waals surface area contributed by atoms with Crippen molar-refractivity contribution in [3.8, 4) is 11.5 Å². The molecule has 5 nitrogen and oxygen atoms in total. The summed E-state index contributed by atoms with van der Waals surface area (Å²) in [6, 6.07) is 5.03. The number of benzene rings is 1. The topological polar surface area (TPSA) is 68.7 Å². The van der Waals surface area contributed by atoms with Crippen molar-refractivity contribution in [3.63, 3.8) is 0 Å². The van der Waals surface area contributed by atoms with Gasteiger partial charge in [0.05, 0.1) is 11.1 Å². The summed E-state index contributed by atoms with van der Waals surface area (Å²) in [6.07, 6.45) is 1.33. The molecule has 0 amide bonds. The number of pyridine rings is 1. The van der Waals surface area contributed by atoms with Gasteiger partial charge < -0.3 is 14.6 Å². The van der Waals surface area contributed by atoms with Crippen molar-refractivity contribution in [1.82, 2.24) is 4.98 Å². The van der Waals surface area contributed by atoms with Gasteiger partial charge >= 0.3 is 5.97 Å². The van der Waals surface area contributed by atoms with E-state index in [0.29, 0.717) is 17.0 Å². The Bertz CT molecular complexity index is 599. The second kappa shape index (κ2) is 4.14. The van der Waals surface area contributed by atoms with E-state index in [0.717, 1.165) is 5.39 Å². The first kappa shape index (κ1) is 11.5. The quantitative estimate of drug-likeness (QED) is 0.836. The molecular formula is C11H9NO4S. The molecule has 17 heavy (non-hydrogen) atoms. The van der Waals surface area contributed by atoms with Crippen LogP contribution in [0.3, 0.4) is 0 Å². The van der Waals surface area contributed by atoms with E-state index in [-0.39, 0.29) is 25.9 Å². The lowest BCUT2D eigenvalue weighted by Gasteiger charge is -2.01. The van der Waals surface area contributed by atoms with E-state index in [1.54, 1.807) is 18.2 Å². The molecule has 1 aromatic carbocycles. The van der Waals surface area contributed by atoms with E-state index >= 15 is 0 Å². The Kier molecular flexibility index (Phi) is 2.81. The van der Waals surface area contributed by atoms with Crippen LogP contribution in [-0.2, 0) is 0 Å². The van der Waals surface area contributed by atoms with Crippen LogP contribution < -0.4 is 9.47 Å². The summed E-state index contributed by atoms with van der Waals surface area (Å²) in [5.74, 6) is 0.270. The zero-order valence-corrected chi connectivity index (χ0v) is 9.64. The van der Waals surface area contributed by atoms with Crippen LogP contribution in [0, 0.1) is 0 Å². The smallest absolute Gasteiger partial charge is 0.337 e. The lowest BCUT2D eigenvalue weighted by atomic mass is 10.1. The number of carboxylic acid groups (broad SMARTS) is 1. The largest absolute Gasteiger partial charge is 0.478 e. The van der Waals surface area contributed by atoms with Gasteiger partial charge in [-0.05, 0) is 12.1 Å². The van der Waals surface area contributed by atoms with Crippen LogP contribution in [0.4, 0.5) is 0 Å². The van der Waals surface area contributed by atoms with Gasteiger partial charge in [-0.2, -0.15) is 13.5 Å². The molecule has 6 heteroatoms. The minimum absolute atomic E-state index is 0. The molecule has 0 fully saturated rings. The zero-order chi connectivity index (χ0) is 11.1. The highest BCUT2D eigenvalue weighted by atomic mass is 32.1. The van der Waals surface area contributed by atoms with Crippen molar-refractivity contribution in [1.29, 1.82) is 0 Å². The Hall–Kier alpha value is -1.95. The van der Waals surface area contributed by atoms with Crippen molar-refractivity contribution in [2.75, 3.05) is 6.79 Å². The van der Waals surface area contributed by atoms with Gasteiger partial charge in [0.15, 0.2) is 11.5 Å². The fourth-order valence-corrected chi connectivity index (χ4v) is 1.64. The Morgan fingerprint density at radius 3 is 2.65 bits per heavy atom. The molecule has 0 saturated carbocycles. The van der Waals surface area contributed by atoms with E-state index in [1.165, 1.54) is 6.20 Å². The number of hydrogen-bond acceptors (Lipinski definition) is 4. The Balaban J connectivity index is 0.00000108. The van der Waals surface area contributed by atoms with Crippen molar-refractivity contribution in [2.45, 2.75) is 0 Å². The van der Waals surface area contributed by atoms with Gasteiger partial charge in [0.2, 0.25) is 6.79 Å². The molecule has 0 aliphatic carbocycles. The summed E-state index contributed by atoms with van der Waals surface area (Å²) in [5, 5.41) is 9.57. The number of aromatic carboxylic acids is 1. The molecule has 0 bridgehead atoms. The first-order valence-corrected chi connectivity index (χ1v) is 4.67. The molecule has 0 spiro atoms. The highest BCUT2D eigenvalue weighted by Crippen LogP contribution is 2.35. The maximum absolute atomic E-state index is 10.8. The summed E-state index contributed by atoms with van der Waals surface area (Å²) >= 11 is 0. The van der Waals surface area contributed by atoms with Crippen LogP contribution >= 0.6 is 13.5 Å². The minimum atomic E-state index is -0.993. The molecular weight excluding hydrogens is 242 g/mol. The maximum Gasteiger partial charge on any atom is 0.337 e. The normalized spacial score (nSPS) is 12.2. The van der Waals surface area contributed by atoms with Crippen LogP contribution in [0.15, 0.2) is 24.4 Å². The Morgan fingerprint density at radius 1 is 1.24 bits per heavy atom. The molecule has 0 atom stereocenters. The number of hydrogen-bond donors (Lipinski definition) is 1. The summed E-state index contributed by atoms with van der Waals surface area (Å²) in [5.41, 5.74) is 0.848. The SMILES string of the molecule is O=C(O)c1cnc2cc3c(cc2c1)OCO3.S. The molecule has 0 saturated heterocycles. The number of nitrogens with zero attached hydrogens (tertiary/aromatic N) is 1. The average Bonchev–Trinajstić information content (AvgIpc) is 2.71. The minimum Gasteiger partial charge on any atom is -0.478 e. The molecule has 1 aromatic heterocycles.